The first-order valence-corrected chi connectivity index (χ1v) is 12.0. The lowest BCUT2D eigenvalue weighted by molar-refractivity contribution is 0.0952. The van der Waals surface area contributed by atoms with E-state index in [0.717, 1.165) is 16.5 Å². The zero-order valence-corrected chi connectivity index (χ0v) is 21.3. The van der Waals surface area contributed by atoms with Crippen molar-refractivity contribution in [2.75, 3.05) is 11.9 Å². The molecule has 0 aliphatic heterocycles. The minimum absolute atomic E-state index is 0.0741. The fourth-order valence-corrected chi connectivity index (χ4v) is 3.77. The van der Waals surface area contributed by atoms with Gasteiger partial charge in [0.05, 0.1) is 22.9 Å². The molecular weight excluding hydrogens is 514 g/mol. The summed E-state index contributed by atoms with van der Waals surface area (Å²) in [6.07, 6.45) is 0.634. The zero-order chi connectivity index (χ0) is 24.5. The molecule has 0 atom stereocenters. The number of amides is 2. The maximum absolute atomic E-state index is 12.9. The molecule has 8 heteroatoms. The number of halogens is 1. The maximum atomic E-state index is 12.9. The Morgan fingerprint density at radius 2 is 1.65 bits per heavy atom. The van der Waals surface area contributed by atoms with Crippen LogP contribution in [-0.4, -0.2) is 29.6 Å². The normalized spacial score (nSPS) is 10.5. The summed E-state index contributed by atoms with van der Waals surface area (Å²) in [5.41, 5.74) is 2.42. The summed E-state index contributed by atoms with van der Waals surface area (Å²) in [6, 6.07) is 22.1. The molecule has 3 aromatic carbocycles. The van der Waals surface area contributed by atoms with Crippen molar-refractivity contribution in [2.24, 2.45) is 0 Å². The highest BCUT2D eigenvalue weighted by Crippen LogP contribution is 2.24. The molecule has 3 N–H and O–H groups in total. The van der Waals surface area contributed by atoms with E-state index in [1.165, 1.54) is 0 Å². The highest BCUT2D eigenvalue weighted by molar-refractivity contribution is 9.10. The van der Waals surface area contributed by atoms with Crippen molar-refractivity contribution in [3.8, 4) is 5.75 Å². The number of hydrogen-bond acceptors (Lipinski definition) is 4. The van der Waals surface area contributed by atoms with E-state index >= 15 is 0 Å². The largest absolute Gasteiger partial charge is 0.490 e. The van der Waals surface area contributed by atoms with Crippen LogP contribution in [0.4, 0.5) is 5.69 Å². The Morgan fingerprint density at radius 1 is 0.941 bits per heavy atom. The van der Waals surface area contributed by atoms with Crippen molar-refractivity contribution in [1.82, 2.24) is 10.6 Å². The summed E-state index contributed by atoms with van der Waals surface area (Å²) in [4.78, 5) is 25.6. The Labute approximate surface area is 213 Å². The first kappa shape index (κ1) is 25.4. The summed E-state index contributed by atoms with van der Waals surface area (Å²) < 4.78 is 6.48. The van der Waals surface area contributed by atoms with Crippen molar-refractivity contribution >= 4 is 50.8 Å². The van der Waals surface area contributed by atoms with Crippen LogP contribution in [0.1, 0.15) is 40.1 Å². The van der Waals surface area contributed by atoms with E-state index < -0.39 is 5.91 Å². The van der Waals surface area contributed by atoms with Crippen LogP contribution in [0.15, 0.2) is 77.3 Å². The smallest absolute Gasteiger partial charge is 0.261 e. The second kappa shape index (κ2) is 12.3. The molecule has 0 fully saturated rings. The van der Waals surface area contributed by atoms with Gasteiger partial charge in [0.25, 0.3) is 11.8 Å². The van der Waals surface area contributed by atoms with Crippen LogP contribution in [0.5, 0.6) is 5.75 Å². The van der Waals surface area contributed by atoms with Gasteiger partial charge in [-0.25, -0.2) is 0 Å². The number of ether oxygens (including phenoxy) is 1. The van der Waals surface area contributed by atoms with E-state index in [-0.39, 0.29) is 17.1 Å². The number of carbonyl (C=O) groups is 2. The predicted molar refractivity (Wildman–Crippen MR) is 143 cm³/mol. The number of para-hydroxylation sites is 1. The lowest BCUT2D eigenvalue weighted by atomic mass is 10.1. The van der Waals surface area contributed by atoms with Crippen molar-refractivity contribution in [3.63, 3.8) is 0 Å². The SMILES string of the molecule is CC(C)Oc1ccc(Br)cc1C(=O)NC(=S)Nc1ccccc1C(=O)NCCc1ccccc1. The van der Waals surface area contributed by atoms with Gasteiger partial charge in [-0.15, -0.1) is 0 Å². The molecule has 0 saturated heterocycles. The molecule has 6 nitrogen and oxygen atoms in total. The molecule has 0 aliphatic carbocycles. The number of carbonyl (C=O) groups excluding carboxylic acids is 2. The van der Waals surface area contributed by atoms with Gasteiger partial charge >= 0.3 is 0 Å². The van der Waals surface area contributed by atoms with Crippen LogP contribution >= 0.6 is 28.1 Å². The molecule has 34 heavy (non-hydrogen) atoms. The van der Waals surface area contributed by atoms with Crippen molar-refractivity contribution in [3.05, 3.63) is 94.0 Å². The Kier molecular flexibility index (Phi) is 9.18. The highest BCUT2D eigenvalue weighted by atomic mass is 79.9. The molecule has 0 spiro atoms. The van der Waals surface area contributed by atoms with Crippen LogP contribution in [0.3, 0.4) is 0 Å². The topological polar surface area (TPSA) is 79.5 Å². The van der Waals surface area contributed by atoms with Gasteiger partial charge in [0, 0.05) is 11.0 Å². The van der Waals surface area contributed by atoms with E-state index in [4.69, 9.17) is 17.0 Å². The summed E-state index contributed by atoms with van der Waals surface area (Å²) in [5, 5.41) is 8.63. The Hall–Kier alpha value is -3.23. The minimum atomic E-state index is -0.417. The van der Waals surface area contributed by atoms with Crippen molar-refractivity contribution in [2.45, 2.75) is 26.4 Å². The number of hydrogen-bond donors (Lipinski definition) is 3. The van der Waals surface area contributed by atoms with Gasteiger partial charge < -0.3 is 15.4 Å². The fourth-order valence-electron chi connectivity index (χ4n) is 3.21. The molecule has 0 unspecified atom stereocenters. The van der Waals surface area contributed by atoms with Gasteiger partial charge in [-0.05, 0) is 68.4 Å². The van der Waals surface area contributed by atoms with E-state index in [1.54, 1.807) is 42.5 Å². The molecule has 0 saturated carbocycles. The number of nitrogens with one attached hydrogen (secondary N) is 3. The first-order valence-electron chi connectivity index (χ1n) is 10.8. The Morgan fingerprint density at radius 3 is 2.38 bits per heavy atom. The molecule has 3 rings (SSSR count). The molecule has 2 amide bonds. The van der Waals surface area contributed by atoms with Gasteiger partial charge in [-0.3, -0.25) is 14.9 Å². The summed E-state index contributed by atoms with van der Waals surface area (Å²) in [6.45, 7) is 4.27. The van der Waals surface area contributed by atoms with Gasteiger partial charge in [0.1, 0.15) is 5.75 Å². The lowest BCUT2D eigenvalue weighted by Crippen LogP contribution is -2.35. The highest BCUT2D eigenvalue weighted by Gasteiger charge is 2.17. The molecule has 0 aromatic heterocycles. The molecule has 0 aliphatic rings. The second-order valence-corrected chi connectivity index (χ2v) is 9.08. The fraction of sp³-hybridized carbons (Fsp3) is 0.192. The zero-order valence-electron chi connectivity index (χ0n) is 18.9. The van der Waals surface area contributed by atoms with E-state index in [0.29, 0.717) is 29.1 Å². The predicted octanol–water partition coefficient (Wildman–Crippen LogP) is 5.34. The average molecular weight is 540 g/mol. The third kappa shape index (κ3) is 7.40. The second-order valence-electron chi connectivity index (χ2n) is 7.75. The average Bonchev–Trinajstić information content (AvgIpc) is 2.80. The number of rotatable bonds is 8. The Balaban J connectivity index is 1.64. The first-order chi connectivity index (χ1) is 16.3. The van der Waals surface area contributed by atoms with Gasteiger partial charge in [-0.1, -0.05) is 58.4 Å². The van der Waals surface area contributed by atoms with Crippen LogP contribution in [0.25, 0.3) is 0 Å². The van der Waals surface area contributed by atoms with E-state index in [9.17, 15) is 9.59 Å². The van der Waals surface area contributed by atoms with E-state index in [1.807, 2.05) is 44.2 Å². The Bertz CT molecular complexity index is 1170. The summed E-state index contributed by atoms with van der Waals surface area (Å²) >= 11 is 8.73. The lowest BCUT2D eigenvalue weighted by Gasteiger charge is -2.16. The number of thiocarbonyl (C=S) groups is 1. The molecule has 176 valence electrons. The van der Waals surface area contributed by atoms with Crippen LogP contribution in [0.2, 0.25) is 0 Å². The van der Waals surface area contributed by atoms with Crippen molar-refractivity contribution < 1.29 is 14.3 Å². The quantitative estimate of drug-likeness (QED) is 0.337. The van der Waals surface area contributed by atoms with Crippen LogP contribution < -0.4 is 20.7 Å². The summed E-state index contributed by atoms with van der Waals surface area (Å²) in [5.74, 6) is -0.191. The van der Waals surface area contributed by atoms with E-state index in [2.05, 4.69) is 31.9 Å². The molecular formula is C26H26BrN3O3S. The molecule has 0 radical (unpaired) electrons. The number of anilines is 1. The van der Waals surface area contributed by atoms with Gasteiger partial charge in [-0.2, -0.15) is 0 Å². The third-order valence-corrected chi connectivity index (χ3v) is 5.44. The maximum Gasteiger partial charge on any atom is 0.261 e. The molecule has 3 aromatic rings. The third-order valence-electron chi connectivity index (χ3n) is 4.74. The van der Waals surface area contributed by atoms with Gasteiger partial charge in [0.2, 0.25) is 0 Å². The molecule has 0 bridgehead atoms. The number of benzene rings is 3. The van der Waals surface area contributed by atoms with Crippen LogP contribution in [-0.2, 0) is 6.42 Å². The monoisotopic (exact) mass is 539 g/mol. The summed E-state index contributed by atoms with van der Waals surface area (Å²) in [7, 11) is 0. The van der Waals surface area contributed by atoms with Crippen LogP contribution in [0, 0.1) is 0 Å². The standard InChI is InChI=1S/C26H26BrN3O3S/c1-17(2)33-23-13-12-19(27)16-21(23)25(32)30-26(34)29-22-11-7-6-10-20(22)24(31)28-15-14-18-8-4-3-5-9-18/h3-13,16-17H,14-15H2,1-2H3,(H,28,31)(H2,29,30,32,34). The van der Waals surface area contributed by atoms with Gasteiger partial charge in [0.15, 0.2) is 5.11 Å². The minimum Gasteiger partial charge on any atom is -0.490 e. The molecule has 0 heterocycles. The van der Waals surface area contributed by atoms with Crippen molar-refractivity contribution in [1.29, 1.82) is 0 Å².